The summed E-state index contributed by atoms with van der Waals surface area (Å²) in [6, 6.07) is 0. The average Bonchev–Trinajstić information content (AvgIpc) is 2.13. The molecular weight excluding hydrogens is 164 g/mol. The van der Waals surface area contributed by atoms with E-state index < -0.39 is 0 Å². The Kier molecular flexibility index (Phi) is 4.07. The number of nitrogens with one attached hydrogen (secondary N) is 1. The topological polar surface area (TPSA) is 42.7 Å². The summed E-state index contributed by atoms with van der Waals surface area (Å²) in [7, 11) is 3.79. The Balaban J connectivity index is 0.000001000. The largest absolute Gasteiger partial charge is 0.313 e. The zero-order valence-electron chi connectivity index (χ0n) is 6.96. The van der Waals surface area contributed by atoms with Crippen molar-refractivity contribution in [1.29, 1.82) is 0 Å². The van der Waals surface area contributed by atoms with E-state index in [1.54, 1.807) is 4.68 Å². The quantitative estimate of drug-likeness (QED) is 0.704. The lowest BCUT2D eigenvalue weighted by molar-refractivity contribution is 0.658. The van der Waals surface area contributed by atoms with Crippen LogP contribution in [0, 0.1) is 6.92 Å². The summed E-state index contributed by atoms with van der Waals surface area (Å²) in [5.74, 6) is 1.80. The molecule has 0 aromatic carbocycles. The maximum Gasteiger partial charge on any atom is 0.147 e. The minimum Gasteiger partial charge on any atom is -0.313 e. The van der Waals surface area contributed by atoms with Gasteiger partial charge in [0.05, 0.1) is 6.54 Å². The number of aromatic nitrogens is 3. The van der Waals surface area contributed by atoms with Gasteiger partial charge in [-0.25, -0.2) is 4.98 Å². The van der Waals surface area contributed by atoms with Crippen molar-refractivity contribution in [3.63, 3.8) is 0 Å². The number of nitrogens with zero attached hydrogens (tertiary/aromatic N) is 3. The summed E-state index contributed by atoms with van der Waals surface area (Å²) in [6.07, 6.45) is 0. The van der Waals surface area contributed by atoms with Crippen LogP contribution in [0.25, 0.3) is 0 Å². The molecular formula is C6H13ClN4. The lowest BCUT2D eigenvalue weighted by Crippen LogP contribution is -2.10. The first-order chi connectivity index (χ1) is 4.74. The van der Waals surface area contributed by atoms with E-state index in [0.29, 0.717) is 0 Å². The molecule has 0 saturated carbocycles. The van der Waals surface area contributed by atoms with Gasteiger partial charge in [0.15, 0.2) is 0 Å². The van der Waals surface area contributed by atoms with Crippen molar-refractivity contribution in [3.05, 3.63) is 11.6 Å². The predicted molar refractivity (Wildman–Crippen MR) is 45.8 cm³/mol. The summed E-state index contributed by atoms with van der Waals surface area (Å²) < 4.78 is 1.78. The molecule has 1 heterocycles. The fraction of sp³-hybridized carbons (Fsp3) is 0.667. The van der Waals surface area contributed by atoms with Crippen LogP contribution in [0.4, 0.5) is 0 Å². The normalized spacial score (nSPS) is 9.36. The fourth-order valence-corrected chi connectivity index (χ4v) is 0.868. The molecule has 0 bridgehead atoms. The minimum atomic E-state index is 0. The lowest BCUT2D eigenvalue weighted by atomic mass is 10.6. The van der Waals surface area contributed by atoms with Gasteiger partial charge in [0.1, 0.15) is 11.6 Å². The molecule has 4 nitrogen and oxygen atoms in total. The van der Waals surface area contributed by atoms with E-state index in [1.807, 2.05) is 21.0 Å². The van der Waals surface area contributed by atoms with E-state index in [-0.39, 0.29) is 12.4 Å². The molecule has 1 rings (SSSR count). The van der Waals surface area contributed by atoms with Gasteiger partial charge in [0.25, 0.3) is 0 Å². The Morgan fingerprint density at radius 3 is 2.55 bits per heavy atom. The molecule has 1 aromatic heterocycles. The predicted octanol–water partition coefficient (Wildman–Crippen LogP) is 0.265. The maximum absolute atomic E-state index is 4.19. The van der Waals surface area contributed by atoms with Crippen LogP contribution in [-0.4, -0.2) is 21.8 Å². The first kappa shape index (κ1) is 10.4. The molecule has 0 aliphatic rings. The van der Waals surface area contributed by atoms with Gasteiger partial charge in [-0.15, -0.1) is 12.4 Å². The van der Waals surface area contributed by atoms with Crippen LogP contribution in [0.1, 0.15) is 11.6 Å². The molecule has 5 heteroatoms. The third kappa shape index (κ3) is 2.48. The van der Waals surface area contributed by atoms with E-state index in [0.717, 1.165) is 18.2 Å². The van der Waals surface area contributed by atoms with Crippen molar-refractivity contribution in [2.24, 2.45) is 7.05 Å². The monoisotopic (exact) mass is 176 g/mol. The van der Waals surface area contributed by atoms with Crippen molar-refractivity contribution < 1.29 is 0 Å². The second-order valence-corrected chi connectivity index (χ2v) is 2.23. The highest BCUT2D eigenvalue weighted by molar-refractivity contribution is 5.85. The zero-order chi connectivity index (χ0) is 7.56. The summed E-state index contributed by atoms with van der Waals surface area (Å²) in [6.45, 7) is 2.66. The van der Waals surface area contributed by atoms with Gasteiger partial charge >= 0.3 is 0 Å². The number of rotatable bonds is 2. The van der Waals surface area contributed by atoms with Crippen LogP contribution in [0.15, 0.2) is 0 Å². The van der Waals surface area contributed by atoms with Gasteiger partial charge in [-0.1, -0.05) is 0 Å². The first-order valence-corrected chi connectivity index (χ1v) is 3.25. The molecule has 1 aromatic rings. The Bertz CT molecular complexity index is 220. The van der Waals surface area contributed by atoms with Crippen LogP contribution in [0.2, 0.25) is 0 Å². The molecule has 0 aliphatic carbocycles. The van der Waals surface area contributed by atoms with Crippen molar-refractivity contribution in [1.82, 2.24) is 20.1 Å². The summed E-state index contributed by atoms with van der Waals surface area (Å²) >= 11 is 0. The number of hydrogen-bond donors (Lipinski definition) is 1. The van der Waals surface area contributed by atoms with Gasteiger partial charge < -0.3 is 5.32 Å². The SMILES string of the molecule is CNCc1nc(C)nn1C.Cl. The van der Waals surface area contributed by atoms with Gasteiger partial charge in [0, 0.05) is 7.05 Å². The molecule has 11 heavy (non-hydrogen) atoms. The number of aryl methyl sites for hydroxylation is 2. The molecule has 0 fully saturated rings. The van der Waals surface area contributed by atoms with Crippen LogP contribution < -0.4 is 5.32 Å². The Labute approximate surface area is 72.4 Å². The van der Waals surface area contributed by atoms with E-state index in [9.17, 15) is 0 Å². The molecule has 0 aliphatic heterocycles. The van der Waals surface area contributed by atoms with E-state index in [4.69, 9.17) is 0 Å². The van der Waals surface area contributed by atoms with Crippen molar-refractivity contribution in [2.75, 3.05) is 7.05 Å². The van der Waals surface area contributed by atoms with E-state index in [2.05, 4.69) is 15.4 Å². The average molecular weight is 177 g/mol. The third-order valence-corrected chi connectivity index (χ3v) is 1.29. The Hall–Kier alpha value is -0.610. The second kappa shape index (κ2) is 4.31. The van der Waals surface area contributed by atoms with E-state index in [1.165, 1.54) is 0 Å². The van der Waals surface area contributed by atoms with Crippen molar-refractivity contribution in [2.45, 2.75) is 13.5 Å². The van der Waals surface area contributed by atoms with Crippen LogP contribution in [0.5, 0.6) is 0 Å². The van der Waals surface area contributed by atoms with Gasteiger partial charge in [0.2, 0.25) is 0 Å². The summed E-state index contributed by atoms with van der Waals surface area (Å²) in [4.78, 5) is 4.19. The summed E-state index contributed by atoms with van der Waals surface area (Å²) in [5, 5.41) is 7.11. The molecule has 64 valence electrons. The molecule has 0 spiro atoms. The Morgan fingerprint density at radius 1 is 1.55 bits per heavy atom. The summed E-state index contributed by atoms with van der Waals surface area (Å²) in [5.41, 5.74) is 0. The number of halogens is 1. The van der Waals surface area contributed by atoms with Gasteiger partial charge in [-0.3, -0.25) is 4.68 Å². The second-order valence-electron chi connectivity index (χ2n) is 2.23. The highest BCUT2D eigenvalue weighted by Crippen LogP contribution is 1.92. The van der Waals surface area contributed by atoms with Crippen molar-refractivity contribution in [3.8, 4) is 0 Å². The van der Waals surface area contributed by atoms with Crippen LogP contribution in [-0.2, 0) is 13.6 Å². The smallest absolute Gasteiger partial charge is 0.147 e. The number of hydrogen-bond acceptors (Lipinski definition) is 3. The zero-order valence-corrected chi connectivity index (χ0v) is 7.77. The molecule has 0 amide bonds. The molecule has 0 atom stereocenters. The Morgan fingerprint density at radius 2 is 2.18 bits per heavy atom. The van der Waals surface area contributed by atoms with Gasteiger partial charge in [-0.2, -0.15) is 5.10 Å². The van der Waals surface area contributed by atoms with E-state index >= 15 is 0 Å². The highest BCUT2D eigenvalue weighted by Gasteiger charge is 1.99. The standard InChI is InChI=1S/C6H12N4.ClH/c1-5-8-6(4-7-2)10(3)9-5;/h7H,4H2,1-3H3;1H. The van der Waals surface area contributed by atoms with Crippen molar-refractivity contribution >= 4 is 12.4 Å². The first-order valence-electron chi connectivity index (χ1n) is 3.25. The molecule has 0 radical (unpaired) electrons. The van der Waals surface area contributed by atoms with Gasteiger partial charge in [-0.05, 0) is 14.0 Å². The molecule has 1 N–H and O–H groups in total. The lowest BCUT2D eigenvalue weighted by Gasteiger charge is -1.95. The fourth-order valence-electron chi connectivity index (χ4n) is 0.868. The highest BCUT2D eigenvalue weighted by atomic mass is 35.5. The third-order valence-electron chi connectivity index (χ3n) is 1.29. The molecule has 0 unspecified atom stereocenters. The maximum atomic E-state index is 4.19. The van der Waals surface area contributed by atoms with Crippen LogP contribution in [0.3, 0.4) is 0 Å². The molecule has 0 saturated heterocycles. The minimum absolute atomic E-state index is 0. The van der Waals surface area contributed by atoms with Crippen LogP contribution >= 0.6 is 12.4 Å².